The predicted octanol–water partition coefficient (Wildman–Crippen LogP) is 3.55. The predicted molar refractivity (Wildman–Crippen MR) is 77.6 cm³/mol. The zero-order valence-electron chi connectivity index (χ0n) is 9.72. The SMILES string of the molecule is CCC(CC)(CO)NC(=O)c1cc(Br)sc1Br. The van der Waals surface area contributed by atoms with E-state index in [0.717, 1.165) is 7.57 Å². The highest BCUT2D eigenvalue weighted by Crippen LogP contribution is 2.32. The Hall–Kier alpha value is 0.0900. The normalized spacial score (nSPS) is 11.6. The van der Waals surface area contributed by atoms with E-state index in [1.54, 1.807) is 6.07 Å². The largest absolute Gasteiger partial charge is 0.394 e. The molecule has 0 aliphatic heterocycles. The molecule has 96 valence electrons. The Labute approximate surface area is 122 Å². The lowest BCUT2D eigenvalue weighted by atomic mass is 9.93. The third-order valence-corrected chi connectivity index (χ3v) is 5.28. The first-order chi connectivity index (χ1) is 7.98. The van der Waals surface area contributed by atoms with Crippen LogP contribution in [-0.2, 0) is 0 Å². The fraction of sp³-hybridized carbons (Fsp3) is 0.545. The molecule has 0 aliphatic rings. The minimum Gasteiger partial charge on any atom is -0.394 e. The lowest BCUT2D eigenvalue weighted by molar-refractivity contribution is 0.0817. The van der Waals surface area contributed by atoms with Gasteiger partial charge < -0.3 is 10.4 Å². The van der Waals surface area contributed by atoms with Crippen molar-refractivity contribution >= 4 is 49.1 Å². The maximum Gasteiger partial charge on any atom is 0.253 e. The van der Waals surface area contributed by atoms with E-state index in [4.69, 9.17) is 0 Å². The third kappa shape index (κ3) is 3.53. The average molecular weight is 385 g/mol. The van der Waals surface area contributed by atoms with Crippen molar-refractivity contribution < 1.29 is 9.90 Å². The summed E-state index contributed by atoms with van der Waals surface area (Å²) in [7, 11) is 0. The Kier molecular flexibility index (Phi) is 5.63. The monoisotopic (exact) mass is 383 g/mol. The summed E-state index contributed by atoms with van der Waals surface area (Å²) in [6.45, 7) is 3.87. The second-order valence-corrected chi connectivity index (χ2v) is 7.59. The molecule has 0 fully saturated rings. The molecule has 0 spiro atoms. The molecule has 0 aromatic carbocycles. The van der Waals surface area contributed by atoms with Crippen LogP contribution in [0.15, 0.2) is 13.6 Å². The van der Waals surface area contributed by atoms with Crippen molar-refractivity contribution in [3.05, 3.63) is 19.2 Å². The smallest absolute Gasteiger partial charge is 0.253 e. The van der Waals surface area contributed by atoms with E-state index in [-0.39, 0.29) is 12.5 Å². The van der Waals surface area contributed by atoms with Gasteiger partial charge in [-0.1, -0.05) is 13.8 Å². The second-order valence-electron chi connectivity index (χ2n) is 3.84. The molecular weight excluding hydrogens is 370 g/mol. The first-order valence-electron chi connectivity index (χ1n) is 5.36. The number of carbonyl (C=O) groups excluding carboxylic acids is 1. The van der Waals surface area contributed by atoms with Gasteiger partial charge in [0.2, 0.25) is 0 Å². The first-order valence-corrected chi connectivity index (χ1v) is 7.76. The molecule has 2 N–H and O–H groups in total. The lowest BCUT2D eigenvalue weighted by Gasteiger charge is -2.30. The van der Waals surface area contributed by atoms with Gasteiger partial charge in [-0.25, -0.2) is 0 Å². The van der Waals surface area contributed by atoms with Gasteiger partial charge in [0.15, 0.2) is 0 Å². The summed E-state index contributed by atoms with van der Waals surface area (Å²) in [6.07, 6.45) is 1.41. The van der Waals surface area contributed by atoms with Gasteiger partial charge in [-0.15, -0.1) is 11.3 Å². The molecule has 0 unspecified atom stereocenters. The van der Waals surface area contributed by atoms with Crippen molar-refractivity contribution in [2.24, 2.45) is 0 Å². The minimum atomic E-state index is -0.523. The zero-order chi connectivity index (χ0) is 13.1. The number of rotatable bonds is 5. The fourth-order valence-electron chi connectivity index (χ4n) is 1.49. The van der Waals surface area contributed by atoms with Gasteiger partial charge in [-0.2, -0.15) is 0 Å². The van der Waals surface area contributed by atoms with Crippen LogP contribution in [-0.4, -0.2) is 23.2 Å². The lowest BCUT2D eigenvalue weighted by Crippen LogP contribution is -2.50. The highest BCUT2D eigenvalue weighted by Gasteiger charge is 2.28. The molecule has 0 saturated carbocycles. The summed E-state index contributed by atoms with van der Waals surface area (Å²) >= 11 is 8.15. The van der Waals surface area contributed by atoms with Crippen molar-refractivity contribution in [1.82, 2.24) is 5.32 Å². The number of amides is 1. The van der Waals surface area contributed by atoms with Crippen LogP contribution < -0.4 is 5.32 Å². The van der Waals surface area contributed by atoms with Crippen LogP contribution in [0.4, 0.5) is 0 Å². The van der Waals surface area contributed by atoms with E-state index in [1.807, 2.05) is 13.8 Å². The number of aliphatic hydroxyl groups is 1. The van der Waals surface area contributed by atoms with Crippen LogP contribution in [0.1, 0.15) is 37.0 Å². The number of aliphatic hydroxyl groups excluding tert-OH is 1. The standard InChI is InChI=1S/C11H15Br2NO2S/c1-3-11(4-2,6-15)14-10(16)7-5-8(12)17-9(7)13/h5,15H,3-4,6H2,1-2H3,(H,14,16). The fourth-order valence-corrected chi connectivity index (χ4v) is 4.29. The molecule has 6 heteroatoms. The van der Waals surface area contributed by atoms with Crippen LogP contribution >= 0.6 is 43.2 Å². The highest BCUT2D eigenvalue weighted by atomic mass is 79.9. The molecule has 0 atom stereocenters. The Morgan fingerprint density at radius 2 is 2.06 bits per heavy atom. The van der Waals surface area contributed by atoms with Crippen molar-refractivity contribution in [2.45, 2.75) is 32.2 Å². The number of carbonyl (C=O) groups is 1. The molecule has 0 radical (unpaired) electrons. The molecule has 0 saturated heterocycles. The minimum absolute atomic E-state index is 0.0470. The Balaban J connectivity index is 2.88. The van der Waals surface area contributed by atoms with Gasteiger partial charge >= 0.3 is 0 Å². The van der Waals surface area contributed by atoms with Gasteiger partial charge in [0, 0.05) is 0 Å². The number of thiophene rings is 1. The molecular formula is C11H15Br2NO2S. The molecule has 1 aromatic rings. The molecule has 17 heavy (non-hydrogen) atoms. The summed E-state index contributed by atoms with van der Waals surface area (Å²) < 4.78 is 1.69. The third-order valence-electron chi connectivity index (χ3n) is 2.94. The molecule has 0 aliphatic carbocycles. The Morgan fingerprint density at radius 1 is 1.47 bits per heavy atom. The van der Waals surface area contributed by atoms with Crippen LogP contribution in [0, 0.1) is 0 Å². The maximum absolute atomic E-state index is 12.1. The topological polar surface area (TPSA) is 49.3 Å². The number of hydrogen-bond donors (Lipinski definition) is 2. The molecule has 3 nitrogen and oxygen atoms in total. The van der Waals surface area contributed by atoms with E-state index < -0.39 is 5.54 Å². The van der Waals surface area contributed by atoms with E-state index in [9.17, 15) is 9.90 Å². The number of halogens is 2. The molecule has 1 rings (SSSR count). The number of nitrogens with one attached hydrogen (secondary N) is 1. The summed E-state index contributed by atoms with van der Waals surface area (Å²) in [4.78, 5) is 12.1. The van der Waals surface area contributed by atoms with Gasteiger partial charge in [-0.05, 0) is 50.8 Å². The summed E-state index contributed by atoms with van der Waals surface area (Å²) in [5, 5.41) is 12.3. The van der Waals surface area contributed by atoms with Gasteiger partial charge in [-0.3, -0.25) is 4.79 Å². The highest BCUT2D eigenvalue weighted by molar-refractivity contribution is 9.12. The van der Waals surface area contributed by atoms with Crippen molar-refractivity contribution in [3.63, 3.8) is 0 Å². The van der Waals surface area contributed by atoms with E-state index in [2.05, 4.69) is 37.2 Å². The maximum atomic E-state index is 12.1. The summed E-state index contributed by atoms with van der Waals surface area (Å²) in [5.74, 6) is -0.156. The van der Waals surface area contributed by atoms with Crippen LogP contribution in [0.2, 0.25) is 0 Å². The number of hydrogen-bond acceptors (Lipinski definition) is 3. The summed E-state index contributed by atoms with van der Waals surface area (Å²) in [5.41, 5.74) is 0.0758. The van der Waals surface area contributed by atoms with E-state index in [0.29, 0.717) is 18.4 Å². The molecule has 1 amide bonds. The molecule has 1 aromatic heterocycles. The molecule has 0 bridgehead atoms. The summed E-state index contributed by atoms with van der Waals surface area (Å²) in [6, 6.07) is 1.78. The Morgan fingerprint density at radius 3 is 2.41 bits per heavy atom. The van der Waals surface area contributed by atoms with Crippen molar-refractivity contribution in [3.8, 4) is 0 Å². The van der Waals surface area contributed by atoms with Crippen LogP contribution in [0.25, 0.3) is 0 Å². The molecule has 1 heterocycles. The van der Waals surface area contributed by atoms with E-state index in [1.165, 1.54) is 11.3 Å². The van der Waals surface area contributed by atoms with Gasteiger partial charge in [0.05, 0.1) is 25.3 Å². The van der Waals surface area contributed by atoms with Gasteiger partial charge in [0.25, 0.3) is 5.91 Å². The van der Waals surface area contributed by atoms with Crippen LogP contribution in [0.5, 0.6) is 0 Å². The zero-order valence-corrected chi connectivity index (χ0v) is 13.7. The van der Waals surface area contributed by atoms with Crippen molar-refractivity contribution in [1.29, 1.82) is 0 Å². The van der Waals surface area contributed by atoms with Crippen LogP contribution in [0.3, 0.4) is 0 Å². The second kappa shape index (κ2) is 6.31. The van der Waals surface area contributed by atoms with E-state index >= 15 is 0 Å². The first kappa shape index (κ1) is 15.1. The average Bonchev–Trinajstić information content (AvgIpc) is 2.65. The Bertz CT molecular complexity index is 394. The quantitative estimate of drug-likeness (QED) is 0.815. The van der Waals surface area contributed by atoms with Crippen molar-refractivity contribution in [2.75, 3.05) is 6.61 Å². The van der Waals surface area contributed by atoms with Gasteiger partial charge in [0.1, 0.15) is 0 Å².